The van der Waals surface area contributed by atoms with Crippen molar-refractivity contribution in [2.24, 2.45) is 0 Å². The molecule has 0 unspecified atom stereocenters. The highest BCUT2D eigenvalue weighted by molar-refractivity contribution is 6.05. The summed E-state index contributed by atoms with van der Waals surface area (Å²) >= 11 is 0. The lowest BCUT2D eigenvalue weighted by Crippen LogP contribution is -2.15. The Morgan fingerprint density at radius 1 is 1.14 bits per heavy atom. The van der Waals surface area contributed by atoms with Crippen molar-refractivity contribution in [1.29, 1.82) is 0 Å². The Morgan fingerprint density at radius 3 is 2.72 bits per heavy atom. The van der Waals surface area contributed by atoms with E-state index in [1.807, 2.05) is 36.4 Å². The van der Waals surface area contributed by atoms with Crippen LogP contribution in [0.3, 0.4) is 0 Å². The van der Waals surface area contributed by atoms with Crippen molar-refractivity contribution >= 4 is 11.6 Å². The molecule has 0 radical (unpaired) electrons. The van der Waals surface area contributed by atoms with Gasteiger partial charge in [-0.05, 0) is 31.2 Å². The van der Waals surface area contributed by atoms with Crippen molar-refractivity contribution < 1.29 is 14.1 Å². The second-order valence-corrected chi connectivity index (χ2v) is 6.27. The molecule has 0 bridgehead atoms. The van der Waals surface area contributed by atoms with E-state index in [-0.39, 0.29) is 11.6 Å². The minimum atomic E-state index is -0.385. The van der Waals surface area contributed by atoms with Gasteiger partial charge < -0.3 is 14.6 Å². The first kappa shape index (κ1) is 18.4. The number of benzene rings is 2. The van der Waals surface area contributed by atoms with Crippen LogP contribution >= 0.6 is 0 Å². The molecule has 1 amide bonds. The molecular weight excluding hydrogens is 372 g/mol. The van der Waals surface area contributed by atoms with Crippen molar-refractivity contribution in [3.63, 3.8) is 0 Å². The van der Waals surface area contributed by atoms with E-state index in [1.165, 1.54) is 0 Å². The van der Waals surface area contributed by atoms with Crippen LogP contribution in [0.5, 0.6) is 5.75 Å². The molecule has 9 nitrogen and oxygen atoms in total. The quantitative estimate of drug-likeness (QED) is 0.557. The van der Waals surface area contributed by atoms with Gasteiger partial charge in [0.25, 0.3) is 5.91 Å². The second kappa shape index (κ2) is 7.55. The number of aromatic nitrogens is 5. The molecule has 146 valence electrons. The SMILES string of the molecule is COc1cccc(-n2nnc(C(=O)Nc3ccccc3-c3noc(C)n3)c2C)c1. The summed E-state index contributed by atoms with van der Waals surface area (Å²) in [7, 11) is 1.59. The van der Waals surface area contributed by atoms with E-state index < -0.39 is 0 Å². The monoisotopic (exact) mass is 390 g/mol. The number of carbonyl (C=O) groups is 1. The van der Waals surface area contributed by atoms with Gasteiger partial charge in [0.05, 0.1) is 24.2 Å². The smallest absolute Gasteiger partial charge is 0.278 e. The summed E-state index contributed by atoms with van der Waals surface area (Å²) in [5, 5.41) is 15.0. The average molecular weight is 390 g/mol. The van der Waals surface area contributed by atoms with Crippen LogP contribution in [-0.2, 0) is 0 Å². The number of hydrogen-bond donors (Lipinski definition) is 1. The summed E-state index contributed by atoms with van der Waals surface area (Å²) in [6, 6.07) is 14.6. The first-order chi connectivity index (χ1) is 14.1. The van der Waals surface area contributed by atoms with Crippen molar-refractivity contribution in [2.45, 2.75) is 13.8 Å². The number of nitrogens with zero attached hydrogens (tertiary/aromatic N) is 5. The third kappa shape index (κ3) is 3.57. The van der Waals surface area contributed by atoms with Gasteiger partial charge in [0.1, 0.15) is 5.75 Å². The number of nitrogens with one attached hydrogen (secondary N) is 1. The minimum absolute atomic E-state index is 0.215. The molecule has 2 aromatic carbocycles. The summed E-state index contributed by atoms with van der Waals surface area (Å²) in [5.41, 5.74) is 2.76. The number of aryl methyl sites for hydroxylation is 1. The molecule has 0 aliphatic heterocycles. The lowest BCUT2D eigenvalue weighted by atomic mass is 10.1. The summed E-state index contributed by atoms with van der Waals surface area (Å²) in [4.78, 5) is 17.1. The van der Waals surface area contributed by atoms with Gasteiger partial charge in [-0.15, -0.1) is 5.10 Å². The minimum Gasteiger partial charge on any atom is -0.497 e. The summed E-state index contributed by atoms with van der Waals surface area (Å²) in [6.45, 7) is 3.49. The van der Waals surface area contributed by atoms with E-state index in [4.69, 9.17) is 9.26 Å². The molecule has 0 atom stereocenters. The zero-order chi connectivity index (χ0) is 20.4. The molecule has 0 aliphatic rings. The molecule has 4 rings (SSSR count). The number of ether oxygens (including phenoxy) is 1. The first-order valence-corrected chi connectivity index (χ1v) is 8.84. The van der Waals surface area contributed by atoms with Crippen molar-refractivity contribution in [2.75, 3.05) is 12.4 Å². The number of anilines is 1. The van der Waals surface area contributed by atoms with Crippen molar-refractivity contribution in [3.8, 4) is 22.8 Å². The Morgan fingerprint density at radius 2 is 1.97 bits per heavy atom. The molecule has 0 saturated heterocycles. The fourth-order valence-corrected chi connectivity index (χ4v) is 2.90. The van der Waals surface area contributed by atoms with Crippen LogP contribution in [0.4, 0.5) is 5.69 Å². The maximum atomic E-state index is 12.9. The average Bonchev–Trinajstić information content (AvgIpc) is 3.34. The van der Waals surface area contributed by atoms with Crippen LogP contribution in [-0.4, -0.2) is 38.2 Å². The largest absolute Gasteiger partial charge is 0.497 e. The van der Waals surface area contributed by atoms with Gasteiger partial charge in [0.2, 0.25) is 11.7 Å². The molecule has 0 fully saturated rings. The van der Waals surface area contributed by atoms with E-state index in [9.17, 15) is 4.79 Å². The third-order valence-corrected chi connectivity index (χ3v) is 4.35. The number of hydrogen-bond acceptors (Lipinski definition) is 7. The number of rotatable bonds is 5. The first-order valence-electron chi connectivity index (χ1n) is 8.84. The molecular formula is C20H18N6O3. The highest BCUT2D eigenvalue weighted by atomic mass is 16.5. The van der Waals surface area contributed by atoms with Crippen LogP contribution in [0.2, 0.25) is 0 Å². The van der Waals surface area contributed by atoms with Crippen LogP contribution in [0.1, 0.15) is 22.1 Å². The Labute approximate surface area is 166 Å². The van der Waals surface area contributed by atoms with E-state index in [1.54, 1.807) is 37.8 Å². The molecule has 1 N–H and O–H groups in total. The zero-order valence-corrected chi connectivity index (χ0v) is 16.1. The highest BCUT2D eigenvalue weighted by Crippen LogP contribution is 2.26. The van der Waals surface area contributed by atoms with Gasteiger partial charge in [-0.2, -0.15) is 4.98 Å². The summed E-state index contributed by atoms with van der Waals surface area (Å²) in [5.74, 6) is 1.14. The van der Waals surface area contributed by atoms with Gasteiger partial charge in [0.15, 0.2) is 5.69 Å². The Kier molecular flexibility index (Phi) is 4.78. The number of amides is 1. The van der Waals surface area contributed by atoms with Gasteiger partial charge >= 0.3 is 0 Å². The topological polar surface area (TPSA) is 108 Å². The zero-order valence-electron chi connectivity index (χ0n) is 16.1. The summed E-state index contributed by atoms with van der Waals surface area (Å²) < 4.78 is 11.9. The van der Waals surface area contributed by atoms with Crippen molar-refractivity contribution in [3.05, 3.63) is 65.8 Å². The van der Waals surface area contributed by atoms with Gasteiger partial charge in [-0.1, -0.05) is 28.6 Å². The molecule has 9 heteroatoms. The Balaban J connectivity index is 1.63. The van der Waals surface area contributed by atoms with Crippen LogP contribution in [0, 0.1) is 13.8 Å². The Hall–Kier alpha value is -4.01. The molecule has 0 saturated carbocycles. The maximum absolute atomic E-state index is 12.9. The number of methoxy groups -OCH3 is 1. The third-order valence-electron chi connectivity index (χ3n) is 4.35. The lowest BCUT2D eigenvalue weighted by molar-refractivity contribution is 0.102. The standard InChI is InChI=1S/C20H18N6O3/c1-12-18(23-25-26(12)14-7-6-8-15(11-14)28-3)20(27)22-17-10-5-4-9-16(17)19-21-13(2)29-24-19/h4-11H,1-3H3,(H,22,27). The normalized spacial score (nSPS) is 10.7. The number of para-hydroxylation sites is 1. The molecule has 2 heterocycles. The molecule has 29 heavy (non-hydrogen) atoms. The maximum Gasteiger partial charge on any atom is 0.278 e. The lowest BCUT2D eigenvalue weighted by Gasteiger charge is -2.08. The molecule has 4 aromatic rings. The van der Waals surface area contributed by atoms with Gasteiger partial charge in [-0.3, -0.25) is 4.79 Å². The van der Waals surface area contributed by atoms with Gasteiger partial charge in [0, 0.05) is 18.6 Å². The van der Waals surface area contributed by atoms with Gasteiger partial charge in [-0.25, -0.2) is 4.68 Å². The van der Waals surface area contributed by atoms with E-state index in [0.29, 0.717) is 34.4 Å². The van der Waals surface area contributed by atoms with E-state index in [0.717, 1.165) is 5.69 Å². The Bertz CT molecular complexity index is 1180. The molecule has 2 aromatic heterocycles. The van der Waals surface area contributed by atoms with Crippen molar-refractivity contribution in [1.82, 2.24) is 25.1 Å². The number of carbonyl (C=O) groups excluding carboxylic acids is 1. The van der Waals surface area contributed by atoms with Crippen LogP contribution < -0.4 is 10.1 Å². The molecule has 0 aliphatic carbocycles. The fraction of sp³-hybridized carbons (Fsp3) is 0.150. The summed E-state index contributed by atoms with van der Waals surface area (Å²) in [6.07, 6.45) is 0. The van der Waals surface area contributed by atoms with E-state index in [2.05, 4.69) is 25.8 Å². The predicted molar refractivity (Wildman–Crippen MR) is 105 cm³/mol. The highest BCUT2D eigenvalue weighted by Gasteiger charge is 2.20. The fourth-order valence-electron chi connectivity index (χ4n) is 2.90. The van der Waals surface area contributed by atoms with E-state index >= 15 is 0 Å². The van der Waals surface area contributed by atoms with Crippen LogP contribution in [0.25, 0.3) is 17.1 Å². The predicted octanol–water partition coefficient (Wildman–Crippen LogP) is 3.20. The van der Waals surface area contributed by atoms with Crippen LogP contribution in [0.15, 0.2) is 53.1 Å². The second-order valence-electron chi connectivity index (χ2n) is 6.27. The molecule has 0 spiro atoms.